The maximum Gasteiger partial charge on any atom is 0.258 e. The second-order valence-electron chi connectivity index (χ2n) is 3.31. The number of halogens is 2. The average Bonchev–Trinajstić information content (AvgIpc) is 2.34. The Morgan fingerprint density at radius 1 is 1.39 bits per heavy atom. The molecule has 0 aliphatic rings. The van der Waals surface area contributed by atoms with E-state index < -0.39 is 11.7 Å². The standard InChI is InChI=1S/C11H12BrFN2O3/c1-14-10(16)5-15-11(17)6-18-9-3-2-7(12)4-8(9)13/h2-4H,5-6H2,1H3,(H,14,16)(H,15,17). The fourth-order valence-corrected chi connectivity index (χ4v) is 1.39. The zero-order valence-electron chi connectivity index (χ0n) is 9.63. The summed E-state index contributed by atoms with van der Waals surface area (Å²) in [5.74, 6) is -1.41. The van der Waals surface area contributed by atoms with Crippen LogP contribution in [0.25, 0.3) is 0 Å². The van der Waals surface area contributed by atoms with Crippen molar-refractivity contribution in [2.45, 2.75) is 0 Å². The number of rotatable bonds is 5. The average molecular weight is 319 g/mol. The molecule has 0 aliphatic carbocycles. The Morgan fingerprint density at radius 3 is 2.72 bits per heavy atom. The first-order valence-corrected chi connectivity index (χ1v) is 5.87. The Labute approximate surface area is 112 Å². The molecule has 0 fully saturated rings. The highest BCUT2D eigenvalue weighted by Gasteiger charge is 2.08. The van der Waals surface area contributed by atoms with E-state index in [4.69, 9.17) is 4.74 Å². The summed E-state index contributed by atoms with van der Waals surface area (Å²) in [7, 11) is 1.46. The van der Waals surface area contributed by atoms with Crippen molar-refractivity contribution in [3.8, 4) is 5.75 Å². The van der Waals surface area contributed by atoms with Gasteiger partial charge in [-0.3, -0.25) is 9.59 Å². The van der Waals surface area contributed by atoms with Crippen LogP contribution in [0.15, 0.2) is 22.7 Å². The lowest BCUT2D eigenvalue weighted by Gasteiger charge is -2.07. The molecule has 5 nitrogen and oxygen atoms in total. The normalized spacial score (nSPS) is 9.72. The highest BCUT2D eigenvalue weighted by atomic mass is 79.9. The van der Waals surface area contributed by atoms with E-state index in [1.807, 2.05) is 0 Å². The Balaban J connectivity index is 2.40. The first-order valence-electron chi connectivity index (χ1n) is 5.08. The molecule has 0 unspecified atom stereocenters. The Hall–Kier alpha value is -1.63. The first kappa shape index (κ1) is 14.4. The summed E-state index contributed by atoms with van der Waals surface area (Å²) < 4.78 is 18.9. The highest BCUT2D eigenvalue weighted by molar-refractivity contribution is 9.10. The van der Waals surface area contributed by atoms with E-state index in [-0.39, 0.29) is 24.8 Å². The molecule has 0 aliphatic heterocycles. The largest absolute Gasteiger partial charge is 0.481 e. The summed E-state index contributed by atoms with van der Waals surface area (Å²) in [6, 6.07) is 4.24. The zero-order valence-corrected chi connectivity index (χ0v) is 11.2. The number of carbonyl (C=O) groups excluding carboxylic acids is 2. The van der Waals surface area contributed by atoms with E-state index in [0.717, 1.165) is 0 Å². The number of hydrogen-bond donors (Lipinski definition) is 2. The molecule has 1 aromatic carbocycles. The number of benzene rings is 1. The van der Waals surface area contributed by atoms with Gasteiger partial charge in [-0.25, -0.2) is 4.39 Å². The van der Waals surface area contributed by atoms with Crippen LogP contribution in [0.3, 0.4) is 0 Å². The Morgan fingerprint density at radius 2 is 2.11 bits per heavy atom. The molecule has 7 heteroatoms. The lowest BCUT2D eigenvalue weighted by atomic mass is 10.3. The van der Waals surface area contributed by atoms with Crippen LogP contribution in [0.4, 0.5) is 4.39 Å². The fraction of sp³-hybridized carbons (Fsp3) is 0.273. The fourth-order valence-electron chi connectivity index (χ4n) is 1.05. The molecule has 0 saturated carbocycles. The third-order valence-corrected chi connectivity index (χ3v) is 2.47. The lowest BCUT2D eigenvalue weighted by Crippen LogP contribution is -2.37. The summed E-state index contributed by atoms with van der Waals surface area (Å²) in [6.07, 6.45) is 0. The molecule has 98 valence electrons. The zero-order chi connectivity index (χ0) is 13.5. The smallest absolute Gasteiger partial charge is 0.258 e. The van der Waals surface area contributed by atoms with E-state index >= 15 is 0 Å². The second kappa shape index (κ2) is 6.95. The van der Waals surface area contributed by atoms with Gasteiger partial charge in [-0.15, -0.1) is 0 Å². The molecule has 2 N–H and O–H groups in total. The summed E-state index contributed by atoms with van der Waals surface area (Å²) in [5, 5.41) is 4.68. The molecule has 0 heterocycles. The van der Waals surface area contributed by atoms with Crippen molar-refractivity contribution in [3.05, 3.63) is 28.5 Å². The maximum absolute atomic E-state index is 13.3. The van der Waals surface area contributed by atoms with Gasteiger partial charge in [-0.2, -0.15) is 0 Å². The monoisotopic (exact) mass is 318 g/mol. The summed E-state index contributed by atoms with van der Waals surface area (Å²) >= 11 is 3.11. The number of hydrogen-bond acceptors (Lipinski definition) is 3. The molecule has 1 rings (SSSR count). The van der Waals surface area contributed by atoms with Crippen LogP contribution in [0.2, 0.25) is 0 Å². The minimum Gasteiger partial charge on any atom is -0.481 e. The predicted molar refractivity (Wildman–Crippen MR) is 66.7 cm³/mol. The summed E-state index contributed by atoms with van der Waals surface area (Å²) in [6.45, 7) is -0.489. The molecule has 2 amide bonds. The van der Waals surface area contributed by atoms with Crippen molar-refractivity contribution in [1.29, 1.82) is 0 Å². The van der Waals surface area contributed by atoms with Crippen LogP contribution in [0.1, 0.15) is 0 Å². The quantitative estimate of drug-likeness (QED) is 0.845. The van der Waals surface area contributed by atoms with E-state index in [1.165, 1.54) is 19.2 Å². The third kappa shape index (κ3) is 4.70. The highest BCUT2D eigenvalue weighted by Crippen LogP contribution is 2.21. The SMILES string of the molecule is CNC(=O)CNC(=O)COc1ccc(Br)cc1F. The van der Waals surface area contributed by atoms with Crippen molar-refractivity contribution >= 4 is 27.7 Å². The van der Waals surface area contributed by atoms with Gasteiger partial charge in [0.15, 0.2) is 18.2 Å². The molecule has 18 heavy (non-hydrogen) atoms. The second-order valence-corrected chi connectivity index (χ2v) is 4.23. The number of carbonyl (C=O) groups is 2. The van der Waals surface area contributed by atoms with Crippen LogP contribution in [0.5, 0.6) is 5.75 Å². The van der Waals surface area contributed by atoms with Gasteiger partial charge < -0.3 is 15.4 Å². The van der Waals surface area contributed by atoms with Crippen molar-refractivity contribution in [1.82, 2.24) is 10.6 Å². The van der Waals surface area contributed by atoms with Crippen molar-refractivity contribution in [2.24, 2.45) is 0 Å². The van der Waals surface area contributed by atoms with Crippen molar-refractivity contribution in [2.75, 3.05) is 20.2 Å². The molecule has 0 radical (unpaired) electrons. The van der Waals surface area contributed by atoms with Crippen molar-refractivity contribution in [3.63, 3.8) is 0 Å². The van der Waals surface area contributed by atoms with Crippen molar-refractivity contribution < 1.29 is 18.7 Å². The van der Waals surface area contributed by atoms with E-state index in [9.17, 15) is 14.0 Å². The van der Waals surface area contributed by atoms with Gasteiger partial charge in [0.2, 0.25) is 5.91 Å². The molecule has 0 bridgehead atoms. The third-order valence-electron chi connectivity index (χ3n) is 1.98. The van der Waals surface area contributed by atoms with Gasteiger partial charge in [0, 0.05) is 11.5 Å². The molecular weight excluding hydrogens is 307 g/mol. The number of likely N-dealkylation sites (N-methyl/N-ethyl adjacent to an activating group) is 1. The summed E-state index contributed by atoms with van der Waals surface area (Å²) in [4.78, 5) is 22.1. The minimum atomic E-state index is -0.566. The van der Waals surface area contributed by atoms with Gasteiger partial charge >= 0.3 is 0 Å². The molecule has 0 saturated heterocycles. The van der Waals surface area contributed by atoms with Gasteiger partial charge in [-0.1, -0.05) is 15.9 Å². The van der Waals surface area contributed by atoms with Crippen LogP contribution >= 0.6 is 15.9 Å². The molecule has 0 aromatic heterocycles. The molecule has 0 spiro atoms. The molecule has 0 atom stereocenters. The Kier molecular flexibility index (Phi) is 5.57. The first-order chi connectivity index (χ1) is 8.52. The Bertz CT molecular complexity index is 454. The molecular formula is C11H12BrFN2O3. The predicted octanol–water partition coefficient (Wildman–Crippen LogP) is 0.829. The number of amides is 2. The van der Waals surface area contributed by atoms with Crippen LogP contribution in [-0.2, 0) is 9.59 Å². The topological polar surface area (TPSA) is 67.4 Å². The van der Waals surface area contributed by atoms with Gasteiger partial charge in [-0.05, 0) is 18.2 Å². The van der Waals surface area contributed by atoms with Gasteiger partial charge in [0.25, 0.3) is 5.91 Å². The molecule has 1 aromatic rings. The van der Waals surface area contributed by atoms with Gasteiger partial charge in [0.1, 0.15) is 0 Å². The maximum atomic E-state index is 13.3. The minimum absolute atomic E-state index is 0.0201. The number of nitrogens with one attached hydrogen (secondary N) is 2. The van der Waals surface area contributed by atoms with E-state index in [0.29, 0.717) is 4.47 Å². The van der Waals surface area contributed by atoms with E-state index in [1.54, 1.807) is 6.07 Å². The van der Waals surface area contributed by atoms with Crippen LogP contribution in [-0.4, -0.2) is 32.0 Å². The van der Waals surface area contributed by atoms with Crippen LogP contribution in [0, 0.1) is 5.82 Å². The van der Waals surface area contributed by atoms with Crippen LogP contribution < -0.4 is 15.4 Å². The van der Waals surface area contributed by atoms with Gasteiger partial charge in [0.05, 0.1) is 6.54 Å². The number of ether oxygens (including phenoxy) is 1. The summed E-state index contributed by atoms with van der Waals surface area (Å²) in [5.41, 5.74) is 0. The van der Waals surface area contributed by atoms with E-state index in [2.05, 4.69) is 26.6 Å². The lowest BCUT2D eigenvalue weighted by molar-refractivity contribution is -0.127.